The number of aryl methyl sites for hydroxylation is 2. The number of nitrogens with zero attached hydrogens (tertiary/aromatic N) is 6. The van der Waals surface area contributed by atoms with E-state index in [4.69, 9.17) is 15.2 Å². The van der Waals surface area contributed by atoms with E-state index in [1.165, 1.54) is 41.7 Å². The summed E-state index contributed by atoms with van der Waals surface area (Å²) in [4.78, 5) is 97.2. The van der Waals surface area contributed by atoms with Crippen LogP contribution in [0.5, 0.6) is 5.75 Å². The molecular formula is C46H53FN12O10S2. The summed E-state index contributed by atoms with van der Waals surface area (Å²) in [5, 5.41) is 28.1. The molecule has 4 heterocycles. The van der Waals surface area contributed by atoms with Gasteiger partial charge in [-0.05, 0) is 86.4 Å². The molecule has 3 atom stereocenters. The number of benzene rings is 2. The fourth-order valence-corrected chi connectivity index (χ4v) is 9.01. The number of urea groups is 1. The first kappa shape index (κ1) is 52.7. The summed E-state index contributed by atoms with van der Waals surface area (Å²) in [6.07, 6.45) is 1.91. The molecule has 1 aliphatic rings. The van der Waals surface area contributed by atoms with Gasteiger partial charge in [-0.15, -0.1) is 21.5 Å². The number of amides is 7. The first-order chi connectivity index (χ1) is 33.9. The lowest BCUT2D eigenvalue weighted by Crippen LogP contribution is -2.44. The van der Waals surface area contributed by atoms with Crippen LogP contribution < -0.4 is 42.2 Å². The molecule has 22 nitrogen and oxygen atoms in total. The van der Waals surface area contributed by atoms with Crippen LogP contribution in [-0.4, -0.2) is 118 Å². The number of hydrogen-bond donors (Lipinski definition) is 7. The summed E-state index contributed by atoms with van der Waals surface area (Å²) in [5.74, 6) is -4.52. The number of fused-ring (bicyclic) bond motifs is 1. The van der Waals surface area contributed by atoms with Gasteiger partial charge in [-0.1, -0.05) is 36.5 Å². The molecule has 2 unspecified atom stereocenters. The number of hydrazine groups is 1. The molecule has 7 amide bonds. The zero-order chi connectivity index (χ0) is 51.2. The number of thiazole rings is 2. The third kappa shape index (κ3) is 14.9. The number of nitrogens with two attached hydrogens (primary N) is 1. The molecule has 71 heavy (non-hydrogen) atoms. The van der Waals surface area contributed by atoms with Crippen molar-refractivity contribution in [3.63, 3.8) is 0 Å². The van der Waals surface area contributed by atoms with E-state index < -0.39 is 59.4 Å². The molecule has 0 bridgehead atoms. The zero-order valence-electron chi connectivity index (χ0n) is 39.2. The van der Waals surface area contributed by atoms with Crippen molar-refractivity contribution in [3.8, 4) is 5.75 Å². The average molecular weight is 1020 g/mol. The summed E-state index contributed by atoms with van der Waals surface area (Å²) in [7, 11) is 1.71. The molecule has 0 aliphatic carbocycles. The van der Waals surface area contributed by atoms with Crippen molar-refractivity contribution in [1.82, 2.24) is 46.6 Å². The third-order valence-electron chi connectivity index (χ3n) is 10.9. The summed E-state index contributed by atoms with van der Waals surface area (Å²) in [6.45, 7) is 5.25. The highest BCUT2D eigenvalue weighted by molar-refractivity contribution is 7.22. The summed E-state index contributed by atoms with van der Waals surface area (Å²) in [5.41, 5.74) is 11.9. The number of imide groups is 1. The number of nitrogens with one attached hydrogen (secondary N) is 5. The molecule has 25 heteroatoms. The van der Waals surface area contributed by atoms with E-state index in [9.17, 15) is 38.7 Å². The van der Waals surface area contributed by atoms with E-state index in [-0.39, 0.29) is 75.9 Å². The van der Waals surface area contributed by atoms with Crippen molar-refractivity contribution in [2.75, 3.05) is 50.1 Å². The van der Waals surface area contributed by atoms with Crippen molar-refractivity contribution in [2.45, 2.75) is 64.9 Å². The second kappa shape index (κ2) is 24.8. The molecule has 8 N–H and O–H groups in total. The predicted octanol–water partition coefficient (Wildman–Crippen LogP) is 4.36. The van der Waals surface area contributed by atoms with Crippen LogP contribution in [0.3, 0.4) is 0 Å². The monoisotopic (exact) mass is 1020 g/mol. The smallest absolute Gasteiger partial charge is 0.355 e. The Hall–Kier alpha value is -7.64. The largest absolute Gasteiger partial charge is 0.491 e. The fourth-order valence-electron chi connectivity index (χ4n) is 7.08. The minimum absolute atomic E-state index is 0.00692. The van der Waals surface area contributed by atoms with Gasteiger partial charge in [0, 0.05) is 50.0 Å². The van der Waals surface area contributed by atoms with Gasteiger partial charge in [0.25, 0.3) is 11.8 Å². The number of hydrogen-bond acceptors (Lipinski definition) is 17. The van der Waals surface area contributed by atoms with Gasteiger partial charge in [0.05, 0.1) is 30.0 Å². The molecule has 1 aliphatic heterocycles. The van der Waals surface area contributed by atoms with Crippen LogP contribution in [0.15, 0.2) is 60.7 Å². The van der Waals surface area contributed by atoms with Crippen molar-refractivity contribution in [3.05, 3.63) is 88.2 Å². The summed E-state index contributed by atoms with van der Waals surface area (Å²) in [6, 6.07) is 13.0. The minimum atomic E-state index is -1.20. The number of aromatic carboxylic acids is 1. The number of carboxylic acids is 1. The van der Waals surface area contributed by atoms with Gasteiger partial charge >= 0.3 is 12.0 Å². The van der Waals surface area contributed by atoms with Crippen molar-refractivity contribution in [1.29, 1.82) is 0 Å². The maximum atomic E-state index is 15.5. The topological polar surface area (TPSA) is 302 Å². The lowest BCUT2D eigenvalue weighted by molar-refractivity contribution is -0.139. The van der Waals surface area contributed by atoms with Gasteiger partial charge in [-0.3, -0.25) is 39.7 Å². The number of ether oxygens (including phenoxy) is 2. The lowest BCUT2D eigenvalue weighted by atomic mass is 9.92. The summed E-state index contributed by atoms with van der Waals surface area (Å²) < 4.78 is 27.7. The molecule has 0 saturated heterocycles. The Morgan fingerprint density at radius 1 is 0.930 bits per heavy atom. The van der Waals surface area contributed by atoms with E-state index >= 15 is 4.39 Å². The highest BCUT2D eigenvalue weighted by Gasteiger charge is 2.25. The third-order valence-corrected chi connectivity index (χ3v) is 13.1. The number of carbonyl (C=O) groups excluding carboxylic acids is 6. The number of carbonyl (C=O) groups is 7. The SMILES string of the molecule is Cc1cc(N(C)c2nc(C(=O)O)c(CCCOc3ccc(C(CCNC(N)=O)CC(=O)NNC(=O)CC(C)CNC(=O)[C@H](C)OCCN4C(=O)C=CC4=O)cc3F)s2)nnc1Nc1nc2ccccc2s1. The Morgan fingerprint density at radius 2 is 1.66 bits per heavy atom. The van der Waals surface area contributed by atoms with Gasteiger partial charge in [0.2, 0.25) is 17.7 Å². The second-order valence-electron chi connectivity index (χ2n) is 16.4. The number of carboxylic acid groups (broad SMARTS) is 1. The number of rotatable bonds is 25. The van der Waals surface area contributed by atoms with Crippen LogP contribution in [0.1, 0.15) is 71.9 Å². The van der Waals surface area contributed by atoms with Crippen molar-refractivity contribution in [2.24, 2.45) is 11.7 Å². The Balaban J connectivity index is 0.954. The molecular weight excluding hydrogens is 964 g/mol. The van der Waals surface area contributed by atoms with Crippen LogP contribution in [0.25, 0.3) is 10.2 Å². The lowest BCUT2D eigenvalue weighted by Gasteiger charge is -2.19. The molecule has 0 fully saturated rings. The molecule has 2 aromatic carbocycles. The van der Waals surface area contributed by atoms with Crippen molar-refractivity contribution < 1.29 is 52.5 Å². The molecule has 376 valence electrons. The predicted molar refractivity (Wildman–Crippen MR) is 261 cm³/mol. The minimum Gasteiger partial charge on any atom is -0.491 e. The van der Waals surface area contributed by atoms with Gasteiger partial charge in [-0.2, -0.15) is 0 Å². The molecule has 0 saturated carbocycles. The maximum Gasteiger partial charge on any atom is 0.355 e. The second-order valence-corrected chi connectivity index (χ2v) is 18.5. The Labute approximate surface area is 414 Å². The number of anilines is 4. The first-order valence-electron chi connectivity index (χ1n) is 22.3. The van der Waals surface area contributed by atoms with Crippen LogP contribution in [0.4, 0.5) is 31.1 Å². The van der Waals surface area contributed by atoms with Gasteiger partial charge < -0.3 is 41.2 Å². The highest BCUT2D eigenvalue weighted by atomic mass is 32.1. The van der Waals surface area contributed by atoms with Crippen LogP contribution >= 0.6 is 22.7 Å². The maximum absolute atomic E-state index is 15.5. The van der Waals surface area contributed by atoms with E-state index in [2.05, 4.69) is 47.0 Å². The zero-order valence-corrected chi connectivity index (χ0v) is 40.8. The standard InChI is InChI=1S/C46H53FN12O10S2/c1-25(24-50-42(64)27(3)68-19-17-59-38(62)13-14-39(59)63)20-36(60)55-56-37(61)23-29(15-16-49-44(48)67)28-11-12-32(30(47)22-28)69-18-7-10-34-40(43(65)66)52-46(71-34)58(4)35-21-26(2)41(57-54-35)53-45-51-31-8-5-6-9-33(31)70-45/h5-6,8-9,11-14,21-22,25,27,29H,7,10,15-20,23-24H2,1-4H3,(H,50,64)(H,55,60)(H,56,61)(H,65,66)(H3,48,49,67)(H,51,53,57)/t25?,27-,29?/m0/s1. The quantitative estimate of drug-likeness (QED) is 0.0243. The Bertz CT molecular complexity index is 2750. The van der Waals surface area contributed by atoms with E-state index in [1.54, 1.807) is 31.0 Å². The Morgan fingerprint density at radius 3 is 2.35 bits per heavy atom. The Kier molecular flexibility index (Phi) is 18.4. The summed E-state index contributed by atoms with van der Waals surface area (Å²) >= 11 is 2.67. The first-order valence-corrected chi connectivity index (χ1v) is 24.0. The fraction of sp³-hybridized carbons (Fsp3) is 0.370. The number of para-hydroxylation sites is 1. The van der Waals surface area contributed by atoms with Gasteiger partial charge in [0.15, 0.2) is 39.2 Å². The van der Waals surface area contributed by atoms with Crippen LogP contribution in [0.2, 0.25) is 0 Å². The molecule has 3 aromatic heterocycles. The average Bonchev–Trinajstić information content (AvgIpc) is 4.05. The normalized spacial score (nSPS) is 13.4. The van der Waals surface area contributed by atoms with E-state index in [0.29, 0.717) is 38.8 Å². The van der Waals surface area contributed by atoms with E-state index in [1.807, 2.05) is 31.2 Å². The highest BCUT2D eigenvalue weighted by Crippen LogP contribution is 2.34. The molecule has 0 spiro atoms. The molecule has 5 aromatic rings. The van der Waals surface area contributed by atoms with Gasteiger partial charge in [-0.25, -0.2) is 23.9 Å². The molecule has 0 radical (unpaired) electrons. The number of primary amides is 1. The van der Waals surface area contributed by atoms with Crippen LogP contribution in [-0.2, 0) is 35.1 Å². The van der Waals surface area contributed by atoms with Crippen LogP contribution in [0, 0.1) is 18.7 Å². The van der Waals surface area contributed by atoms with Gasteiger partial charge in [0.1, 0.15) is 6.10 Å². The number of aromatic nitrogens is 4. The number of halogens is 1. The van der Waals surface area contributed by atoms with E-state index in [0.717, 1.165) is 32.8 Å². The van der Waals surface area contributed by atoms with Crippen molar-refractivity contribution >= 4 is 96.3 Å². The molecule has 6 rings (SSSR count).